The van der Waals surface area contributed by atoms with Crippen LogP contribution in [0.3, 0.4) is 0 Å². The Morgan fingerprint density at radius 2 is 2.31 bits per heavy atom. The molecule has 1 heterocycles. The fourth-order valence-corrected chi connectivity index (χ4v) is 1.32. The van der Waals surface area contributed by atoms with E-state index in [1.807, 2.05) is 0 Å². The average Bonchev–Trinajstić information content (AvgIpc) is 2.25. The number of pyridine rings is 1. The van der Waals surface area contributed by atoms with Crippen molar-refractivity contribution >= 4 is 21.9 Å². The first-order valence-corrected chi connectivity index (χ1v) is 5.29. The molecule has 1 aromatic heterocycles. The second-order valence-corrected chi connectivity index (χ2v) is 4.31. The quantitative estimate of drug-likeness (QED) is 0.842. The van der Waals surface area contributed by atoms with Crippen LogP contribution in [0.5, 0.6) is 5.75 Å². The Bertz CT molecular complexity index is 381. The van der Waals surface area contributed by atoms with E-state index in [1.165, 1.54) is 20.2 Å². The Hall–Kier alpha value is -1.14. The van der Waals surface area contributed by atoms with Gasteiger partial charge in [-0.25, -0.2) is 4.79 Å². The summed E-state index contributed by atoms with van der Waals surface area (Å²) in [7, 11) is 1.21. The van der Waals surface area contributed by atoms with Crippen molar-refractivity contribution in [2.75, 3.05) is 13.7 Å². The van der Waals surface area contributed by atoms with Crippen LogP contribution in [0.2, 0.25) is 0 Å². The molecule has 88 valence electrons. The molecule has 0 saturated heterocycles. The monoisotopic (exact) mass is 289 g/mol. The zero-order chi connectivity index (χ0) is 12.2. The Labute approximate surface area is 102 Å². The van der Waals surface area contributed by atoms with Crippen LogP contribution in [0.1, 0.15) is 6.92 Å². The topological polar surface area (TPSA) is 68.7 Å². The number of carbonyl (C=O) groups is 1. The highest BCUT2D eigenvalue weighted by Gasteiger charge is 2.32. The number of hydrogen-bond donors (Lipinski definition) is 1. The highest BCUT2D eigenvalue weighted by molar-refractivity contribution is 9.10. The van der Waals surface area contributed by atoms with Gasteiger partial charge >= 0.3 is 5.97 Å². The molecule has 1 atom stereocenters. The fraction of sp³-hybridized carbons (Fsp3) is 0.400. The second kappa shape index (κ2) is 5.27. The highest BCUT2D eigenvalue weighted by Crippen LogP contribution is 2.17. The third-order valence-electron chi connectivity index (χ3n) is 1.82. The lowest BCUT2D eigenvalue weighted by Gasteiger charge is -2.20. The summed E-state index contributed by atoms with van der Waals surface area (Å²) in [5.41, 5.74) is -1.67. The molecule has 0 bridgehead atoms. The van der Waals surface area contributed by atoms with Gasteiger partial charge in [-0.2, -0.15) is 0 Å². The van der Waals surface area contributed by atoms with E-state index in [0.717, 1.165) is 4.47 Å². The van der Waals surface area contributed by atoms with Crippen molar-refractivity contribution in [3.8, 4) is 5.75 Å². The molecular formula is C10H12BrNO4. The third kappa shape index (κ3) is 3.46. The molecule has 1 rings (SSSR count). The van der Waals surface area contributed by atoms with Crippen molar-refractivity contribution in [2.24, 2.45) is 0 Å². The number of aromatic nitrogens is 1. The van der Waals surface area contributed by atoms with E-state index in [2.05, 4.69) is 25.7 Å². The van der Waals surface area contributed by atoms with Crippen LogP contribution in [0.25, 0.3) is 0 Å². The highest BCUT2D eigenvalue weighted by atomic mass is 79.9. The number of hydrogen-bond acceptors (Lipinski definition) is 5. The summed E-state index contributed by atoms with van der Waals surface area (Å²) in [6.45, 7) is 1.13. The molecular weight excluding hydrogens is 278 g/mol. The van der Waals surface area contributed by atoms with Gasteiger partial charge in [-0.3, -0.25) is 4.98 Å². The molecule has 0 spiro atoms. The van der Waals surface area contributed by atoms with Crippen molar-refractivity contribution < 1.29 is 19.4 Å². The first-order chi connectivity index (χ1) is 7.45. The van der Waals surface area contributed by atoms with Crippen molar-refractivity contribution in [3.63, 3.8) is 0 Å². The minimum Gasteiger partial charge on any atom is -0.488 e. The van der Waals surface area contributed by atoms with E-state index in [1.54, 1.807) is 12.3 Å². The summed E-state index contributed by atoms with van der Waals surface area (Å²) in [6, 6.07) is 1.68. The molecule has 5 nitrogen and oxygen atoms in total. The van der Waals surface area contributed by atoms with Crippen LogP contribution in [-0.4, -0.2) is 35.4 Å². The maximum absolute atomic E-state index is 11.1. The van der Waals surface area contributed by atoms with Gasteiger partial charge in [0.25, 0.3) is 0 Å². The van der Waals surface area contributed by atoms with E-state index < -0.39 is 11.6 Å². The van der Waals surface area contributed by atoms with Crippen LogP contribution in [-0.2, 0) is 9.53 Å². The van der Waals surface area contributed by atoms with Gasteiger partial charge < -0.3 is 14.6 Å². The van der Waals surface area contributed by atoms with E-state index in [9.17, 15) is 9.90 Å². The Kier molecular flexibility index (Phi) is 4.26. The summed E-state index contributed by atoms with van der Waals surface area (Å²) in [5.74, 6) is -0.283. The Balaban J connectivity index is 2.61. The first-order valence-electron chi connectivity index (χ1n) is 4.50. The molecule has 16 heavy (non-hydrogen) atoms. The number of methoxy groups -OCH3 is 1. The maximum Gasteiger partial charge on any atom is 0.341 e. The molecule has 0 fully saturated rings. The zero-order valence-corrected chi connectivity index (χ0v) is 10.5. The molecule has 1 unspecified atom stereocenters. The molecule has 0 aromatic carbocycles. The van der Waals surface area contributed by atoms with Crippen molar-refractivity contribution in [1.82, 2.24) is 4.98 Å². The van der Waals surface area contributed by atoms with Crippen LogP contribution in [0.15, 0.2) is 22.9 Å². The lowest BCUT2D eigenvalue weighted by Crippen LogP contribution is -2.42. The number of halogens is 1. The number of rotatable bonds is 4. The summed E-state index contributed by atoms with van der Waals surface area (Å²) in [4.78, 5) is 15.0. The number of esters is 1. The molecule has 6 heteroatoms. The Morgan fingerprint density at radius 3 is 2.88 bits per heavy atom. The first kappa shape index (κ1) is 12.9. The van der Waals surface area contributed by atoms with Crippen LogP contribution in [0.4, 0.5) is 0 Å². The second-order valence-electron chi connectivity index (χ2n) is 3.39. The molecule has 0 radical (unpaired) electrons. The summed E-state index contributed by atoms with van der Waals surface area (Å²) in [6.07, 6.45) is 3.09. The van der Waals surface area contributed by atoms with Crippen molar-refractivity contribution in [2.45, 2.75) is 12.5 Å². The molecule has 0 aliphatic carbocycles. The Morgan fingerprint density at radius 1 is 1.62 bits per heavy atom. The van der Waals surface area contributed by atoms with Gasteiger partial charge in [-0.05, 0) is 28.9 Å². The van der Waals surface area contributed by atoms with Gasteiger partial charge in [0.05, 0.1) is 13.3 Å². The largest absolute Gasteiger partial charge is 0.488 e. The van der Waals surface area contributed by atoms with Gasteiger partial charge in [0.2, 0.25) is 0 Å². The maximum atomic E-state index is 11.1. The average molecular weight is 290 g/mol. The van der Waals surface area contributed by atoms with Crippen molar-refractivity contribution in [3.05, 3.63) is 22.9 Å². The molecule has 1 aromatic rings. The minimum absolute atomic E-state index is 0.197. The van der Waals surface area contributed by atoms with Gasteiger partial charge in [0, 0.05) is 10.7 Å². The van der Waals surface area contributed by atoms with E-state index in [0.29, 0.717) is 5.75 Å². The van der Waals surface area contributed by atoms with Crippen LogP contribution >= 0.6 is 15.9 Å². The van der Waals surface area contributed by atoms with E-state index in [4.69, 9.17) is 4.74 Å². The van der Waals surface area contributed by atoms with Crippen LogP contribution < -0.4 is 4.74 Å². The number of carbonyl (C=O) groups excluding carboxylic acids is 1. The SMILES string of the molecule is COC(=O)C(C)(O)COc1cncc(Br)c1. The van der Waals surface area contributed by atoms with E-state index in [-0.39, 0.29) is 6.61 Å². The van der Waals surface area contributed by atoms with Crippen molar-refractivity contribution in [1.29, 1.82) is 0 Å². The standard InChI is InChI=1S/C10H12BrNO4/c1-10(14,9(13)15-2)6-16-8-3-7(11)4-12-5-8/h3-5,14H,6H2,1-2H3. The third-order valence-corrected chi connectivity index (χ3v) is 2.26. The summed E-state index contributed by atoms with van der Waals surface area (Å²) in [5, 5.41) is 9.68. The smallest absolute Gasteiger partial charge is 0.341 e. The predicted molar refractivity (Wildman–Crippen MR) is 60.1 cm³/mol. The number of ether oxygens (including phenoxy) is 2. The number of aliphatic hydroxyl groups is 1. The molecule has 0 aliphatic heterocycles. The predicted octanol–water partition coefficient (Wildman–Crippen LogP) is 1.15. The lowest BCUT2D eigenvalue weighted by molar-refractivity contribution is -0.163. The van der Waals surface area contributed by atoms with Crippen LogP contribution in [0, 0.1) is 0 Å². The zero-order valence-electron chi connectivity index (χ0n) is 8.94. The van der Waals surface area contributed by atoms with Gasteiger partial charge in [-0.15, -0.1) is 0 Å². The molecule has 0 amide bonds. The van der Waals surface area contributed by atoms with Gasteiger partial charge in [-0.1, -0.05) is 0 Å². The molecule has 1 N–H and O–H groups in total. The van der Waals surface area contributed by atoms with Gasteiger partial charge in [0.15, 0.2) is 5.60 Å². The normalized spacial score (nSPS) is 14.0. The summed E-state index contributed by atoms with van der Waals surface area (Å²) >= 11 is 3.23. The number of nitrogens with zero attached hydrogens (tertiary/aromatic N) is 1. The van der Waals surface area contributed by atoms with E-state index >= 15 is 0 Å². The van der Waals surface area contributed by atoms with Gasteiger partial charge in [0.1, 0.15) is 12.4 Å². The molecule has 0 aliphatic rings. The fourth-order valence-electron chi connectivity index (χ4n) is 0.974. The summed E-state index contributed by atoms with van der Waals surface area (Å²) < 4.78 is 10.4. The lowest BCUT2D eigenvalue weighted by atomic mass is 10.1. The minimum atomic E-state index is -1.67. The molecule has 0 saturated carbocycles.